The van der Waals surface area contributed by atoms with Gasteiger partial charge in [0.1, 0.15) is 0 Å². The molecule has 0 aliphatic carbocycles. The summed E-state index contributed by atoms with van der Waals surface area (Å²) in [7, 11) is 0. The number of rotatable bonds is 2. The fraction of sp³-hybridized carbons (Fsp3) is 0.538. The minimum absolute atomic E-state index is 0.000185. The SMILES string of the molecule is CC1CC(Nc2ccc(F)c(F)c2F)CC(C)O1. The van der Waals surface area contributed by atoms with Gasteiger partial charge in [0, 0.05) is 6.04 Å². The molecule has 1 aromatic rings. The first-order valence-electron chi connectivity index (χ1n) is 6.03. The molecule has 0 radical (unpaired) electrons. The van der Waals surface area contributed by atoms with E-state index >= 15 is 0 Å². The monoisotopic (exact) mass is 259 g/mol. The van der Waals surface area contributed by atoms with Crippen LogP contribution in [0, 0.1) is 17.5 Å². The summed E-state index contributed by atoms with van der Waals surface area (Å²) in [5, 5.41) is 2.92. The van der Waals surface area contributed by atoms with E-state index in [2.05, 4.69) is 5.32 Å². The van der Waals surface area contributed by atoms with Gasteiger partial charge < -0.3 is 10.1 Å². The lowest BCUT2D eigenvalue weighted by molar-refractivity contribution is -0.0338. The maximum atomic E-state index is 13.5. The van der Waals surface area contributed by atoms with Gasteiger partial charge in [-0.2, -0.15) is 0 Å². The second-order valence-electron chi connectivity index (χ2n) is 4.79. The van der Waals surface area contributed by atoms with E-state index in [9.17, 15) is 13.2 Å². The lowest BCUT2D eigenvalue weighted by Gasteiger charge is -2.33. The first kappa shape index (κ1) is 13.2. The molecular weight excluding hydrogens is 243 g/mol. The summed E-state index contributed by atoms with van der Waals surface area (Å²) in [4.78, 5) is 0. The number of halogens is 3. The van der Waals surface area contributed by atoms with Gasteiger partial charge in [0.15, 0.2) is 17.5 Å². The Bertz CT molecular complexity index is 428. The summed E-state index contributed by atoms with van der Waals surface area (Å²) in [6, 6.07) is 2.15. The molecule has 1 fully saturated rings. The Morgan fingerprint density at radius 1 is 1.06 bits per heavy atom. The number of hydrogen-bond acceptors (Lipinski definition) is 2. The van der Waals surface area contributed by atoms with Crippen molar-refractivity contribution in [2.45, 2.75) is 44.9 Å². The summed E-state index contributed by atoms with van der Waals surface area (Å²) in [6.07, 6.45) is 1.56. The van der Waals surface area contributed by atoms with Gasteiger partial charge >= 0.3 is 0 Å². The average molecular weight is 259 g/mol. The van der Waals surface area contributed by atoms with Gasteiger partial charge in [-0.05, 0) is 38.8 Å². The third kappa shape index (κ3) is 2.77. The Kier molecular flexibility index (Phi) is 3.80. The van der Waals surface area contributed by atoms with Gasteiger partial charge in [-0.25, -0.2) is 13.2 Å². The van der Waals surface area contributed by atoms with E-state index in [0.717, 1.165) is 6.07 Å². The Labute approximate surface area is 104 Å². The predicted octanol–water partition coefficient (Wildman–Crippen LogP) is 3.47. The normalized spacial score (nSPS) is 28.2. The molecule has 1 N–H and O–H groups in total. The van der Waals surface area contributed by atoms with Crippen LogP contribution in [0.4, 0.5) is 18.9 Å². The average Bonchev–Trinajstić information content (AvgIpc) is 2.29. The fourth-order valence-electron chi connectivity index (χ4n) is 2.38. The summed E-state index contributed by atoms with van der Waals surface area (Å²) in [5.74, 6) is -3.78. The van der Waals surface area contributed by atoms with E-state index in [1.54, 1.807) is 0 Å². The number of hydrogen-bond donors (Lipinski definition) is 1. The third-order valence-electron chi connectivity index (χ3n) is 3.09. The van der Waals surface area contributed by atoms with E-state index in [1.165, 1.54) is 6.07 Å². The van der Waals surface area contributed by atoms with Crippen molar-refractivity contribution in [1.29, 1.82) is 0 Å². The van der Waals surface area contributed by atoms with E-state index in [1.807, 2.05) is 13.8 Å². The van der Waals surface area contributed by atoms with Crippen LogP contribution in [0.5, 0.6) is 0 Å². The summed E-state index contributed by atoms with van der Waals surface area (Å²) >= 11 is 0. The van der Waals surface area contributed by atoms with Crippen LogP contribution >= 0.6 is 0 Å². The molecule has 1 heterocycles. The van der Waals surface area contributed by atoms with Gasteiger partial charge in [-0.3, -0.25) is 0 Å². The molecule has 2 rings (SSSR count). The molecule has 0 spiro atoms. The Morgan fingerprint density at radius 3 is 2.28 bits per heavy atom. The van der Waals surface area contributed by atoms with Crippen LogP contribution in [-0.4, -0.2) is 18.2 Å². The molecule has 1 saturated heterocycles. The lowest BCUT2D eigenvalue weighted by Crippen LogP contribution is -2.37. The van der Waals surface area contributed by atoms with Crippen LogP contribution in [0.15, 0.2) is 12.1 Å². The zero-order valence-electron chi connectivity index (χ0n) is 10.3. The molecule has 0 saturated carbocycles. The molecule has 100 valence electrons. The molecule has 1 aromatic carbocycles. The molecule has 1 aliphatic heterocycles. The smallest absolute Gasteiger partial charge is 0.196 e. The molecule has 2 atom stereocenters. The van der Waals surface area contributed by atoms with Crippen LogP contribution in [0.2, 0.25) is 0 Å². The minimum atomic E-state index is -1.44. The van der Waals surface area contributed by atoms with Crippen molar-refractivity contribution in [2.75, 3.05) is 5.32 Å². The zero-order valence-corrected chi connectivity index (χ0v) is 10.3. The van der Waals surface area contributed by atoms with Gasteiger partial charge in [0.2, 0.25) is 0 Å². The summed E-state index contributed by atoms with van der Waals surface area (Å²) in [5.41, 5.74) is 0.000185. The van der Waals surface area contributed by atoms with Crippen LogP contribution < -0.4 is 5.32 Å². The lowest BCUT2D eigenvalue weighted by atomic mass is 9.99. The largest absolute Gasteiger partial charge is 0.380 e. The third-order valence-corrected chi connectivity index (χ3v) is 3.09. The van der Waals surface area contributed by atoms with Crippen molar-refractivity contribution in [2.24, 2.45) is 0 Å². The van der Waals surface area contributed by atoms with Crippen LogP contribution in [-0.2, 0) is 4.74 Å². The van der Waals surface area contributed by atoms with Crippen molar-refractivity contribution < 1.29 is 17.9 Å². The molecule has 0 bridgehead atoms. The van der Waals surface area contributed by atoms with Gasteiger partial charge in [0.05, 0.1) is 17.9 Å². The van der Waals surface area contributed by atoms with Crippen molar-refractivity contribution in [1.82, 2.24) is 0 Å². The van der Waals surface area contributed by atoms with Gasteiger partial charge in [0.25, 0.3) is 0 Å². The van der Waals surface area contributed by atoms with Crippen LogP contribution in [0.3, 0.4) is 0 Å². The minimum Gasteiger partial charge on any atom is -0.380 e. The van der Waals surface area contributed by atoms with E-state index in [4.69, 9.17) is 4.74 Å². The standard InChI is InChI=1S/C13H16F3NO/c1-7-5-9(6-8(2)18-7)17-11-4-3-10(14)12(15)13(11)16/h3-4,7-9,17H,5-6H2,1-2H3. The van der Waals surface area contributed by atoms with Crippen molar-refractivity contribution in [3.8, 4) is 0 Å². The van der Waals surface area contributed by atoms with Crippen molar-refractivity contribution in [3.05, 3.63) is 29.6 Å². The highest BCUT2D eigenvalue weighted by Crippen LogP contribution is 2.25. The molecule has 0 aromatic heterocycles. The highest BCUT2D eigenvalue weighted by Gasteiger charge is 2.25. The zero-order chi connectivity index (χ0) is 13.3. The fourth-order valence-corrected chi connectivity index (χ4v) is 2.38. The Morgan fingerprint density at radius 2 is 1.67 bits per heavy atom. The Balaban J connectivity index is 2.12. The van der Waals surface area contributed by atoms with Crippen molar-refractivity contribution >= 4 is 5.69 Å². The predicted molar refractivity (Wildman–Crippen MR) is 63.0 cm³/mol. The van der Waals surface area contributed by atoms with E-state index < -0.39 is 17.5 Å². The molecular formula is C13H16F3NO. The molecule has 5 heteroatoms. The molecule has 2 nitrogen and oxygen atoms in total. The Hall–Kier alpha value is -1.23. The summed E-state index contributed by atoms with van der Waals surface area (Å²) in [6.45, 7) is 3.87. The van der Waals surface area contributed by atoms with Crippen molar-refractivity contribution in [3.63, 3.8) is 0 Å². The number of nitrogens with one attached hydrogen (secondary N) is 1. The molecule has 0 amide bonds. The van der Waals surface area contributed by atoms with Crippen LogP contribution in [0.25, 0.3) is 0 Å². The van der Waals surface area contributed by atoms with E-state index in [-0.39, 0.29) is 23.9 Å². The quantitative estimate of drug-likeness (QED) is 0.821. The molecule has 18 heavy (non-hydrogen) atoms. The van der Waals surface area contributed by atoms with Crippen LogP contribution in [0.1, 0.15) is 26.7 Å². The molecule has 1 aliphatic rings. The number of ether oxygens (including phenoxy) is 1. The van der Waals surface area contributed by atoms with Gasteiger partial charge in [-0.1, -0.05) is 0 Å². The number of anilines is 1. The topological polar surface area (TPSA) is 21.3 Å². The number of benzene rings is 1. The second-order valence-corrected chi connectivity index (χ2v) is 4.79. The maximum absolute atomic E-state index is 13.5. The maximum Gasteiger partial charge on any atom is 0.196 e. The van der Waals surface area contributed by atoms with Gasteiger partial charge in [-0.15, -0.1) is 0 Å². The first-order valence-corrected chi connectivity index (χ1v) is 6.03. The summed E-state index contributed by atoms with van der Waals surface area (Å²) < 4.78 is 44.9. The highest BCUT2D eigenvalue weighted by atomic mass is 19.2. The second kappa shape index (κ2) is 5.18. The van der Waals surface area contributed by atoms with E-state index in [0.29, 0.717) is 12.8 Å². The first-order chi connectivity index (χ1) is 8.47. The highest BCUT2D eigenvalue weighted by molar-refractivity contribution is 5.46. The molecule has 2 unspecified atom stereocenters.